The molecule has 1 heteroatoms. The van der Waals surface area contributed by atoms with E-state index in [0.29, 0.717) is 11.8 Å². The lowest BCUT2D eigenvalue weighted by atomic mass is 9.87. The van der Waals surface area contributed by atoms with Gasteiger partial charge >= 0.3 is 0 Å². The van der Waals surface area contributed by atoms with E-state index in [9.17, 15) is 0 Å². The summed E-state index contributed by atoms with van der Waals surface area (Å²) in [4.78, 5) is 0. The predicted molar refractivity (Wildman–Crippen MR) is 89.2 cm³/mol. The molecule has 2 N–H and O–H groups in total. The SMILES string of the molecule is Cc1ccc(N)c(-c2ccc(C(C)C)cc2C(C)C)c1. The summed E-state index contributed by atoms with van der Waals surface area (Å²) >= 11 is 0. The lowest BCUT2D eigenvalue weighted by Gasteiger charge is -2.18. The Labute approximate surface area is 122 Å². The summed E-state index contributed by atoms with van der Waals surface area (Å²) in [6, 6.07) is 13.1. The molecule has 0 bridgehead atoms. The van der Waals surface area contributed by atoms with Crippen LogP contribution < -0.4 is 5.73 Å². The lowest BCUT2D eigenvalue weighted by molar-refractivity contribution is 0.835. The van der Waals surface area contributed by atoms with Gasteiger partial charge in [-0.25, -0.2) is 0 Å². The number of benzene rings is 2. The quantitative estimate of drug-likeness (QED) is 0.731. The van der Waals surface area contributed by atoms with Crippen molar-refractivity contribution in [2.24, 2.45) is 0 Å². The van der Waals surface area contributed by atoms with Crippen LogP contribution in [0.5, 0.6) is 0 Å². The monoisotopic (exact) mass is 267 g/mol. The molecule has 2 aromatic carbocycles. The molecule has 0 unspecified atom stereocenters. The van der Waals surface area contributed by atoms with Gasteiger partial charge in [0.25, 0.3) is 0 Å². The zero-order valence-electron chi connectivity index (χ0n) is 13.2. The highest BCUT2D eigenvalue weighted by Crippen LogP contribution is 2.35. The minimum atomic E-state index is 0.489. The van der Waals surface area contributed by atoms with Crippen LogP contribution in [0, 0.1) is 6.92 Å². The first-order valence-corrected chi connectivity index (χ1v) is 7.40. The summed E-state index contributed by atoms with van der Waals surface area (Å²) < 4.78 is 0. The predicted octanol–water partition coefficient (Wildman–Crippen LogP) is 5.49. The second kappa shape index (κ2) is 5.70. The van der Waals surface area contributed by atoms with E-state index in [2.05, 4.69) is 65.0 Å². The Bertz CT molecular complexity index is 609. The fourth-order valence-corrected chi connectivity index (χ4v) is 2.57. The molecule has 0 heterocycles. The Morgan fingerprint density at radius 1 is 0.800 bits per heavy atom. The number of nitrogens with two attached hydrogens (primary N) is 1. The number of hydrogen-bond donors (Lipinski definition) is 1. The molecule has 106 valence electrons. The summed E-state index contributed by atoms with van der Waals surface area (Å²) in [7, 11) is 0. The van der Waals surface area contributed by atoms with Crippen LogP contribution in [-0.2, 0) is 0 Å². The second-order valence-electron chi connectivity index (χ2n) is 6.25. The Kier molecular flexibility index (Phi) is 4.17. The molecule has 0 aromatic heterocycles. The zero-order valence-corrected chi connectivity index (χ0v) is 13.2. The van der Waals surface area contributed by atoms with Crippen LogP contribution in [0.1, 0.15) is 56.2 Å². The van der Waals surface area contributed by atoms with Gasteiger partial charge in [0.15, 0.2) is 0 Å². The standard InChI is InChI=1S/C19H25N/c1-12(2)15-7-8-16(17(11-15)13(3)4)18-10-14(5)6-9-19(18)20/h6-13H,20H2,1-5H3. The molecule has 0 spiro atoms. The van der Waals surface area contributed by atoms with Gasteiger partial charge in [-0.05, 0) is 47.6 Å². The number of nitrogen functional groups attached to an aromatic ring is 1. The Morgan fingerprint density at radius 3 is 2.10 bits per heavy atom. The molecule has 0 radical (unpaired) electrons. The lowest BCUT2D eigenvalue weighted by Crippen LogP contribution is -1.99. The normalized spacial score (nSPS) is 11.3. The van der Waals surface area contributed by atoms with Crippen molar-refractivity contribution in [1.29, 1.82) is 0 Å². The topological polar surface area (TPSA) is 26.0 Å². The van der Waals surface area contributed by atoms with Gasteiger partial charge in [0.1, 0.15) is 0 Å². The number of aryl methyl sites for hydroxylation is 1. The van der Waals surface area contributed by atoms with Crippen molar-refractivity contribution in [2.45, 2.75) is 46.5 Å². The molecular weight excluding hydrogens is 242 g/mol. The van der Waals surface area contributed by atoms with Crippen molar-refractivity contribution in [3.8, 4) is 11.1 Å². The van der Waals surface area contributed by atoms with E-state index in [1.54, 1.807) is 0 Å². The smallest absolute Gasteiger partial charge is 0.0394 e. The van der Waals surface area contributed by atoms with E-state index in [4.69, 9.17) is 5.73 Å². The van der Waals surface area contributed by atoms with Gasteiger partial charge in [-0.1, -0.05) is 57.5 Å². The van der Waals surface area contributed by atoms with Gasteiger partial charge in [-0.2, -0.15) is 0 Å². The van der Waals surface area contributed by atoms with Gasteiger partial charge < -0.3 is 5.73 Å². The van der Waals surface area contributed by atoms with E-state index in [-0.39, 0.29) is 0 Å². The molecule has 0 amide bonds. The highest BCUT2D eigenvalue weighted by molar-refractivity contribution is 5.79. The van der Waals surface area contributed by atoms with Gasteiger partial charge in [0.05, 0.1) is 0 Å². The van der Waals surface area contributed by atoms with Crippen molar-refractivity contribution in [2.75, 3.05) is 5.73 Å². The summed E-state index contributed by atoms with van der Waals surface area (Å²) in [6.45, 7) is 11.1. The van der Waals surface area contributed by atoms with Crippen molar-refractivity contribution < 1.29 is 0 Å². The summed E-state index contributed by atoms with van der Waals surface area (Å²) in [5.74, 6) is 1.04. The Morgan fingerprint density at radius 2 is 1.50 bits per heavy atom. The van der Waals surface area contributed by atoms with Crippen molar-refractivity contribution in [3.63, 3.8) is 0 Å². The van der Waals surface area contributed by atoms with E-state index in [1.165, 1.54) is 22.3 Å². The van der Waals surface area contributed by atoms with Gasteiger partial charge in [-0.3, -0.25) is 0 Å². The molecule has 1 nitrogen and oxygen atoms in total. The van der Waals surface area contributed by atoms with Crippen LogP contribution in [0.2, 0.25) is 0 Å². The highest BCUT2D eigenvalue weighted by atomic mass is 14.6. The second-order valence-corrected chi connectivity index (χ2v) is 6.25. The van der Waals surface area contributed by atoms with Gasteiger partial charge in [0, 0.05) is 11.3 Å². The van der Waals surface area contributed by atoms with Gasteiger partial charge in [0.2, 0.25) is 0 Å². The number of anilines is 1. The molecule has 0 saturated carbocycles. The van der Waals surface area contributed by atoms with E-state index in [0.717, 1.165) is 11.3 Å². The van der Waals surface area contributed by atoms with Gasteiger partial charge in [-0.15, -0.1) is 0 Å². The number of hydrogen-bond acceptors (Lipinski definition) is 1. The molecule has 0 atom stereocenters. The summed E-state index contributed by atoms with van der Waals surface area (Å²) in [6.07, 6.45) is 0. The Balaban J connectivity index is 2.64. The fraction of sp³-hybridized carbons (Fsp3) is 0.368. The molecule has 0 aliphatic heterocycles. The maximum Gasteiger partial charge on any atom is 0.0394 e. The molecule has 2 rings (SSSR count). The first kappa shape index (κ1) is 14.6. The third kappa shape index (κ3) is 2.87. The minimum absolute atomic E-state index is 0.489. The maximum absolute atomic E-state index is 6.19. The largest absolute Gasteiger partial charge is 0.398 e. The average Bonchev–Trinajstić information content (AvgIpc) is 2.40. The third-order valence-electron chi connectivity index (χ3n) is 3.86. The van der Waals surface area contributed by atoms with E-state index in [1.807, 2.05) is 6.07 Å². The molecule has 0 aliphatic carbocycles. The third-order valence-corrected chi connectivity index (χ3v) is 3.86. The van der Waals surface area contributed by atoms with Crippen LogP contribution >= 0.6 is 0 Å². The first-order chi connectivity index (χ1) is 9.40. The number of rotatable bonds is 3. The Hall–Kier alpha value is -1.76. The van der Waals surface area contributed by atoms with Crippen molar-refractivity contribution >= 4 is 5.69 Å². The fourth-order valence-electron chi connectivity index (χ4n) is 2.57. The highest BCUT2D eigenvalue weighted by Gasteiger charge is 2.13. The molecular formula is C19H25N. The van der Waals surface area contributed by atoms with E-state index < -0.39 is 0 Å². The zero-order chi connectivity index (χ0) is 14.9. The van der Waals surface area contributed by atoms with Crippen molar-refractivity contribution in [1.82, 2.24) is 0 Å². The summed E-state index contributed by atoms with van der Waals surface area (Å²) in [5, 5.41) is 0. The molecule has 0 fully saturated rings. The minimum Gasteiger partial charge on any atom is -0.398 e. The maximum atomic E-state index is 6.19. The van der Waals surface area contributed by atoms with Crippen LogP contribution in [-0.4, -0.2) is 0 Å². The van der Waals surface area contributed by atoms with Crippen LogP contribution in [0.3, 0.4) is 0 Å². The average molecular weight is 267 g/mol. The van der Waals surface area contributed by atoms with Crippen LogP contribution in [0.4, 0.5) is 5.69 Å². The van der Waals surface area contributed by atoms with E-state index >= 15 is 0 Å². The molecule has 0 aliphatic rings. The van der Waals surface area contributed by atoms with Crippen molar-refractivity contribution in [3.05, 3.63) is 53.1 Å². The molecule has 0 saturated heterocycles. The molecule has 2 aromatic rings. The summed E-state index contributed by atoms with van der Waals surface area (Å²) in [5.41, 5.74) is 13.5. The molecule has 20 heavy (non-hydrogen) atoms. The van der Waals surface area contributed by atoms with Crippen LogP contribution in [0.15, 0.2) is 36.4 Å². The first-order valence-electron chi connectivity index (χ1n) is 7.40. The van der Waals surface area contributed by atoms with Crippen LogP contribution in [0.25, 0.3) is 11.1 Å².